The number of anilines is 3. The first kappa shape index (κ1) is 35.0. The molecular formula is C57H49N. The predicted molar refractivity (Wildman–Crippen MR) is 246 cm³/mol. The van der Waals surface area contributed by atoms with Gasteiger partial charge in [-0.05, 0) is 150 Å². The van der Waals surface area contributed by atoms with E-state index in [2.05, 4.69) is 210 Å². The third kappa shape index (κ3) is 4.95. The van der Waals surface area contributed by atoms with Gasteiger partial charge in [-0.1, -0.05) is 157 Å². The molecule has 0 spiro atoms. The van der Waals surface area contributed by atoms with Crippen LogP contribution in [0.5, 0.6) is 0 Å². The van der Waals surface area contributed by atoms with Gasteiger partial charge in [-0.25, -0.2) is 0 Å². The zero-order valence-corrected chi connectivity index (χ0v) is 34.4. The Hall–Kier alpha value is -6.18. The van der Waals surface area contributed by atoms with E-state index >= 15 is 0 Å². The lowest BCUT2D eigenvalue weighted by Crippen LogP contribution is -2.18. The minimum atomic E-state index is -0.193. The molecule has 4 aliphatic rings. The van der Waals surface area contributed by atoms with Crippen LogP contribution >= 0.6 is 0 Å². The molecule has 7 aromatic carbocycles. The van der Waals surface area contributed by atoms with E-state index in [0.29, 0.717) is 0 Å². The molecule has 58 heavy (non-hydrogen) atoms. The highest BCUT2D eigenvalue weighted by atomic mass is 15.1. The Bertz CT molecular complexity index is 2900. The monoisotopic (exact) mass is 747 g/mol. The summed E-state index contributed by atoms with van der Waals surface area (Å²) in [5, 5.41) is 0. The molecular weight excluding hydrogens is 699 g/mol. The van der Waals surface area contributed by atoms with Crippen LogP contribution in [0.1, 0.15) is 93.3 Å². The zero-order chi connectivity index (χ0) is 39.6. The summed E-state index contributed by atoms with van der Waals surface area (Å²) in [5.41, 5.74) is 24.9. The number of nitrogens with zero attached hydrogens (tertiary/aromatic N) is 1. The van der Waals surface area contributed by atoms with Gasteiger partial charge in [0, 0.05) is 33.3 Å². The third-order valence-electron chi connectivity index (χ3n) is 14.1. The van der Waals surface area contributed by atoms with Crippen molar-refractivity contribution in [3.05, 3.63) is 203 Å². The Balaban J connectivity index is 1.06. The summed E-state index contributed by atoms with van der Waals surface area (Å²) in [7, 11) is 0. The number of rotatable bonds is 5. The molecule has 0 radical (unpaired) electrons. The van der Waals surface area contributed by atoms with Gasteiger partial charge in [-0.3, -0.25) is 0 Å². The van der Waals surface area contributed by atoms with Crippen LogP contribution in [-0.2, 0) is 16.2 Å². The van der Waals surface area contributed by atoms with Crippen molar-refractivity contribution in [2.24, 2.45) is 0 Å². The van der Waals surface area contributed by atoms with Gasteiger partial charge in [-0.2, -0.15) is 0 Å². The lowest BCUT2D eigenvalue weighted by molar-refractivity contribution is 0.652. The van der Waals surface area contributed by atoms with Crippen molar-refractivity contribution in [3.63, 3.8) is 0 Å². The molecule has 0 heterocycles. The quantitative estimate of drug-likeness (QED) is 0.169. The molecule has 0 saturated carbocycles. The summed E-state index contributed by atoms with van der Waals surface area (Å²) in [6.07, 6.45) is 9.15. The molecule has 0 fully saturated rings. The Labute approximate surface area is 344 Å². The van der Waals surface area contributed by atoms with E-state index in [4.69, 9.17) is 0 Å². The topological polar surface area (TPSA) is 3.24 Å². The maximum absolute atomic E-state index is 2.55. The normalized spacial score (nSPS) is 16.8. The molecule has 1 heteroatoms. The zero-order valence-electron chi connectivity index (χ0n) is 34.4. The fourth-order valence-corrected chi connectivity index (χ4v) is 10.9. The van der Waals surface area contributed by atoms with Crippen LogP contribution in [0, 0.1) is 0 Å². The van der Waals surface area contributed by atoms with Crippen LogP contribution in [0.4, 0.5) is 17.1 Å². The molecule has 282 valence electrons. The molecule has 1 nitrogen and oxygen atoms in total. The first-order valence-corrected chi connectivity index (χ1v) is 21.1. The fraction of sp³-hybridized carbons (Fsp3) is 0.193. The maximum atomic E-state index is 2.55. The van der Waals surface area contributed by atoms with Crippen LogP contribution in [0.3, 0.4) is 0 Å². The van der Waals surface area contributed by atoms with Gasteiger partial charge in [-0.15, -0.1) is 0 Å². The van der Waals surface area contributed by atoms with Crippen molar-refractivity contribution in [1.29, 1.82) is 0 Å². The second kappa shape index (κ2) is 12.4. The van der Waals surface area contributed by atoms with Crippen molar-refractivity contribution in [2.75, 3.05) is 4.90 Å². The van der Waals surface area contributed by atoms with Gasteiger partial charge in [0.05, 0.1) is 0 Å². The average Bonchev–Trinajstić information content (AvgIpc) is 3.73. The lowest BCUT2D eigenvalue weighted by atomic mass is 9.79. The van der Waals surface area contributed by atoms with Crippen molar-refractivity contribution in [1.82, 2.24) is 0 Å². The average molecular weight is 748 g/mol. The van der Waals surface area contributed by atoms with E-state index in [9.17, 15) is 0 Å². The second-order valence-corrected chi connectivity index (χ2v) is 18.4. The molecule has 0 unspecified atom stereocenters. The minimum absolute atomic E-state index is 0.0913. The van der Waals surface area contributed by atoms with E-state index in [1.807, 2.05) is 0 Å². The Morgan fingerprint density at radius 1 is 0.379 bits per heavy atom. The third-order valence-corrected chi connectivity index (χ3v) is 14.1. The molecule has 0 aliphatic heterocycles. The molecule has 0 bridgehead atoms. The van der Waals surface area contributed by atoms with E-state index < -0.39 is 0 Å². The van der Waals surface area contributed by atoms with E-state index in [-0.39, 0.29) is 16.2 Å². The molecule has 0 saturated heterocycles. The van der Waals surface area contributed by atoms with Crippen molar-refractivity contribution in [2.45, 2.75) is 70.6 Å². The molecule has 0 atom stereocenters. The summed E-state index contributed by atoms with van der Waals surface area (Å²) in [6, 6.07) is 55.5. The summed E-state index contributed by atoms with van der Waals surface area (Å²) in [4.78, 5) is 2.49. The highest BCUT2D eigenvalue weighted by Crippen LogP contribution is 2.58. The fourth-order valence-electron chi connectivity index (χ4n) is 10.9. The minimum Gasteiger partial charge on any atom is -0.310 e. The van der Waals surface area contributed by atoms with E-state index in [1.165, 1.54) is 100 Å². The van der Waals surface area contributed by atoms with E-state index in [0.717, 1.165) is 18.5 Å². The van der Waals surface area contributed by atoms with Gasteiger partial charge < -0.3 is 4.90 Å². The first-order chi connectivity index (χ1) is 28.0. The highest BCUT2D eigenvalue weighted by Gasteiger charge is 2.43. The number of benzene rings is 7. The lowest BCUT2D eigenvalue weighted by Gasteiger charge is -2.30. The van der Waals surface area contributed by atoms with Crippen LogP contribution < -0.4 is 4.90 Å². The number of hydrogen-bond acceptors (Lipinski definition) is 1. The smallest absolute Gasteiger partial charge is 0.0465 e. The predicted octanol–water partition coefficient (Wildman–Crippen LogP) is 15.5. The summed E-state index contributed by atoms with van der Waals surface area (Å²) in [6.45, 7) is 14.4. The van der Waals surface area contributed by atoms with Gasteiger partial charge in [0.25, 0.3) is 0 Å². The van der Waals surface area contributed by atoms with Crippen molar-refractivity contribution < 1.29 is 0 Å². The van der Waals surface area contributed by atoms with Gasteiger partial charge in [0.1, 0.15) is 0 Å². The molecule has 0 aromatic heterocycles. The van der Waals surface area contributed by atoms with Gasteiger partial charge in [0.2, 0.25) is 0 Å². The van der Waals surface area contributed by atoms with E-state index in [1.54, 1.807) is 0 Å². The summed E-state index contributed by atoms with van der Waals surface area (Å²) in [5.74, 6) is 0. The molecule has 4 aliphatic carbocycles. The highest BCUT2D eigenvalue weighted by molar-refractivity contribution is 5.96. The Kier molecular flexibility index (Phi) is 7.49. The van der Waals surface area contributed by atoms with Crippen LogP contribution in [0.2, 0.25) is 0 Å². The van der Waals surface area contributed by atoms with Crippen molar-refractivity contribution >= 4 is 22.6 Å². The maximum Gasteiger partial charge on any atom is 0.0465 e. The standard InChI is InChI=1S/C57H49N/c1-55(2)48-22-14-13-20-43(48)44-30-28-40(32-50(44)55)58(39-26-24-37(25-27-39)36-16-9-7-10-17-36)41-29-31-45-46-34-53-47(35-52(46)57(5,6)51(45)33-41)54-42(38-18-11-8-12-19-38)21-15-23-49(54)56(53,3)4/h8-9,11-35H,7,10H2,1-6H3. The van der Waals surface area contributed by atoms with Crippen LogP contribution in [0.15, 0.2) is 164 Å². The summed E-state index contributed by atoms with van der Waals surface area (Å²) >= 11 is 0. The SMILES string of the molecule is CC1(C)c2ccccc2-c2ccc(N(c3ccc(C4=CCCC=C4)cc3)c3ccc4c(c3)C(C)(C)c3cc5c(cc3-4)C(C)(C)c3cccc(-c4ccccc4)c3-5)cc21. The number of fused-ring (bicyclic) bond motifs is 9. The van der Waals surface area contributed by atoms with Gasteiger partial charge >= 0.3 is 0 Å². The molecule has 0 N–H and O–H groups in total. The second-order valence-electron chi connectivity index (χ2n) is 18.4. The van der Waals surface area contributed by atoms with Crippen LogP contribution in [0.25, 0.3) is 50.1 Å². The first-order valence-electron chi connectivity index (χ1n) is 21.1. The summed E-state index contributed by atoms with van der Waals surface area (Å²) < 4.78 is 0. The number of hydrogen-bond donors (Lipinski definition) is 0. The Morgan fingerprint density at radius 3 is 1.62 bits per heavy atom. The largest absolute Gasteiger partial charge is 0.310 e. The van der Waals surface area contributed by atoms with Crippen LogP contribution in [-0.4, -0.2) is 0 Å². The Morgan fingerprint density at radius 2 is 0.914 bits per heavy atom. The molecule has 11 rings (SSSR count). The molecule has 0 amide bonds. The van der Waals surface area contributed by atoms with Gasteiger partial charge in [0.15, 0.2) is 0 Å². The molecule has 7 aromatic rings. The van der Waals surface area contributed by atoms with Crippen molar-refractivity contribution in [3.8, 4) is 44.5 Å². The number of allylic oxidation sites excluding steroid dienone is 4.